The van der Waals surface area contributed by atoms with Gasteiger partial charge >= 0.3 is 0 Å². The Balaban J connectivity index is 1.35. The molecule has 1 aliphatic heterocycles. The molecule has 8 nitrogen and oxygen atoms in total. The summed E-state index contributed by atoms with van der Waals surface area (Å²) in [6.07, 6.45) is 5.47. The molecule has 0 bridgehead atoms. The molecular formula is C20H22N4O4S. The number of sulfonamides is 1. The van der Waals surface area contributed by atoms with E-state index in [0.717, 1.165) is 24.2 Å². The van der Waals surface area contributed by atoms with E-state index in [2.05, 4.69) is 15.0 Å². The lowest BCUT2D eigenvalue weighted by atomic mass is 10.2. The maximum Gasteiger partial charge on any atom is 0.251 e. The van der Waals surface area contributed by atoms with E-state index < -0.39 is 10.0 Å². The lowest BCUT2D eigenvalue weighted by Crippen LogP contribution is -2.31. The normalized spacial score (nSPS) is 16.9. The smallest absolute Gasteiger partial charge is 0.251 e. The monoisotopic (exact) mass is 414 g/mol. The van der Waals surface area contributed by atoms with Gasteiger partial charge in [0.15, 0.2) is 0 Å². The van der Waals surface area contributed by atoms with E-state index in [-0.39, 0.29) is 30.0 Å². The summed E-state index contributed by atoms with van der Waals surface area (Å²) in [6, 6.07) is 11.5. The Kier molecular flexibility index (Phi) is 5.61. The van der Waals surface area contributed by atoms with E-state index >= 15 is 0 Å². The van der Waals surface area contributed by atoms with Gasteiger partial charge in [0.05, 0.1) is 23.2 Å². The molecule has 1 saturated heterocycles. The van der Waals surface area contributed by atoms with Crippen LogP contribution in [0, 0.1) is 0 Å². The second-order valence-corrected chi connectivity index (χ2v) is 8.66. The number of rotatable bonds is 7. The third-order valence-corrected chi connectivity index (χ3v) is 6.24. The van der Waals surface area contributed by atoms with Gasteiger partial charge in [-0.25, -0.2) is 18.1 Å². The lowest BCUT2D eigenvalue weighted by molar-refractivity contribution is 0.0950. The summed E-state index contributed by atoms with van der Waals surface area (Å²) in [5.41, 5.74) is 1.93. The quantitative estimate of drug-likeness (QED) is 0.613. The molecule has 1 atom stereocenters. The minimum absolute atomic E-state index is 0.0746. The van der Waals surface area contributed by atoms with E-state index in [4.69, 9.17) is 4.74 Å². The van der Waals surface area contributed by atoms with Crippen LogP contribution in [-0.2, 0) is 21.3 Å². The average Bonchev–Trinajstić information content (AvgIpc) is 3.40. The SMILES string of the molecule is O=C(NCc1cn2ccccc2n1)c1ccc(S(=O)(=O)NCC2CCCO2)cc1. The second-order valence-electron chi connectivity index (χ2n) is 6.89. The number of carbonyl (C=O) groups is 1. The number of hydrogen-bond donors (Lipinski definition) is 2. The number of nitrogens with zero attached hydrogens (tertiary/aromatic N) is 2. The van der Waals surface area contributed by atoms with Crippen molar-refractivity contribution in [3.63, 3.8) is 0 Å². The van der Waals surface area contributed by atoms with Crippen LogP contribution in [0.15, 0.2) is 59.8 Å². The molecule has 152 valence electrons. The fourth-order valence-electron chi connectivity index (χ4n) is 3.22. The van der Waals surface area contributed by atoms with Crippen molar-refractivity contribution in [2.45, 2.75) is 30.4 Å². The highest BCUT2D eigenvalue weighted by Gasteiger charge is 2.20. The number of amides is 1. The summed E-state index contributed by atoms with van der Waals surface area (Å²) in [6.45, 7) is 1.21. The van der Waals surface area contributed by atoms with Gasteiger partial charge in [0.2, 0.25) is 10.0 Å². The van der Waals surface area contributed by atoms with E-state index in [1.807, 2.05) is 35.0 Å². The number of hydrogen-bond acceptors (Lipinski definition) is 5. The van der Waals surface area contributed by atoms with Crippen LogP contribution in [-0.4, -0.2) is 43.0 Å². The van der Waals surface area contributed by atoms with Crippen LogP contribution in [0.4, 0.5) is 0 Å². The number of fused-ring (bicyclic) bond motifs is 1. The predicted molar refractivity (Wildman–Crippen MR) is 107 cm³/mol. The topological polar surface area (TPSA) is 102 Å². The molecule has 1 unspecified atom stereocenters. The zero-order chi connectivity index (χ0) is 20.3. The van der Waals surface area contributed by atoms with Gasteiger partial charge in [0.1, 0.15) is 5.65 Å². The summed E-state index contributed by atoms with van der Waals surface area (Å²) in [7, 11) is -3.63. The summed E-state index contributed by atoms with van der Waals surface area (Å²) in [5, 5.41) is 2.80. The Labute approximate surface area is 169 Å². The Bertz CT molecular complexity index is 1070. The molecule has 3 aromatic rings. The Morgan fingerprint density at radius 2 is 2.03 bits per heavy atom. The summed E-state index contributed by atoms with van der Waals surface area (Å²) >= 11 is 0. The maximum atomic E-state index is 12.4. The predicted octanol–water partition coefficient (Wildman–Crippen LogP) is 1.72. The number of pyridine rings is 1. The number of imidazole rings is 1. The van der Waals surface area contributed by atoms with Crippen molar-refractivity contribution in [2.24, 2.45) is 0 Å². The number of nitrogens with one attached hydrogen (secondary N) is 2. The molecule has 4 rings (SSSR count). The van der Waals surface area contributed by atoms with Crippen LogP contribution in [0.25, 0.3) is 5.65 Å². The minimum atomic E-state index is -3.63. The summed E-state index contributed by atoms with van der Waals surface area (Å²) in [4.78, 5) is 16.9. The van der Waals surface area contributed by atoms with Crippen LogP contribution in [0.1, 0.15) is 28.9 Å². The number of aromatic nitrogens is 2. The highest BCUT2D eigenvalue weighted by molar-refractivity contribution is 7.89. The number of carbonyl (C=O) groups excluding carboxylic acids is 1. The van der Waals surface area contributed by atoms with Gasteiger partial charge in [-0.05, 0) is 49.2 Å². The van der Waals surface area contributed by atoms with Crippen LogP contribution in [0.2, 0.25) is 0 Å². The van der Waals surface area contributed by atoms with Crippen molar-refractivity contribution >= 4 is 21.6 Å². The largest absolute Gasteiger partial charge is 0.377 e. The number of benzene rings is 1. The first-order valence-electron chi connectivity index (χ1n) is 9.43. The Morgan fingerprint density at radius 1 is 1.21 bits per heavy atom. The van der Waals surface area contributed by atoms with Crippen LogP contribution >= 0.6 is 0 Å². The summed E-state index contributed by atoms with van der Waals surface area (Å²) in [5.74, 6) is -0.293. The van der Waals surface area contributed by atoms with Crippen molar-refractivity contribution < 1.29 is 17.9 Å². The zero-order valence-corrected chi connectivity index (χ0v) is 16.6. The van der Waals surface area contributed by atoms with Gasteiger partial charge in [-0.2, -0.15) is 0 Å². The third kappa shape index (κ3) is 4.64. The molecule has 0 saturated carbocycles. The van der Waals surface area contributed by atoms with E-state index in [1.54, 1.807) is 0 Å². The van der Waals surface area contributed by atoms with Gasteiger partial charge in [0.25, 0.3) is 5.91 Å². The maximum absolute atomic E-state index is 12.4. The highest BCUT2D eigenvalue weighted by Crippen LogP contribution is 2.14. The molecule has 0 spiro atoms. The molecule has 29 heavy (non-hydrogen) atoms. The van der Waals surface area contributed by atoms with Crippen molar-refractivity contribution in [2.75, 3.05) is 13.2 Å². The second kappa shape index (κ2) is 8.32. The fourth-order valence-corrected chi connectivity index (χ4v) is 4.29. The molecule has 3 heterocycles. The van der Waals surface area contributed by atoms with Crippen LogP contribution in [0.3, 0.4) is 0 Å². The van der Waals surface area contributed by atoms with Gasteiger partial charge < -0.3 is 14.5 Å². The van der Waals surface area contributed by atoms with Gasteiger partial charge in [-0.3, -0.25) is 4.79 Å². The molecule has 2 N–H and O–H groups in total. The molecule has 9 heteroatoms. The zero-order valence-electron chi connectivity index (χ0n) is 15.7. The molecule has 1 aromatic carbocycles. The van der Waals surface area contributed by atoms with Gasteiger partial charge in [0, 0.05) is 31.1 Å². The van der Waals surface area contributed by atoms with Crippen LogP contribution in [0.5, 0.6) is 0 Å². The molecule has 0 aliphatic carbocycles. The molecule has 1 aliphatic rings. The van der Waals surface area contributed by atoms with E-state index in [9.17, 15) is 13.2 Å². The number of ether oxygens (including phenoxy) is 1. The molecule has 1 fully saturated rings. The first-order valence-corrected chi connectivity index (χ1v) is 10.9. The molecule has 1 amide bonds. The fraction of sp³-hybridized carbons (Fsp3) is 0.300. The Hall–Kier alpha value is -2.75. The van der Waals surface area contributed by atoms with Crippen molar-refractivity contribution in [3.8, 4) is 0 Å². The average molecular weight is 414 g/mol. The highest BCUT2D eigenvalue weighted by atomic mass is 32.2. The standard InChI is InChI=1S/C20H22N4O4S/c25-20(21-12-16-14-24-10-2-1-5-19(24)23-16)15-6-8-18(9-7-15)29(26,27)22-13-17-4-3-11-28-17/h1-2,5-10,14,17,22H,3-4,11-13H2,(H,21,25). The Morgan fingerprint density at radius 3 is 2.76 bits per heavy atom. The minimum Gasteiger partial charge on any atom is -0.377 e. The van der Waals surface area contributed by atoms with Crippen LogP contribution < -0.4 is 10.0 Å². The first kappa shape index (κ1) is 19.6. The van der Waals surface area contributed by atoms with Crippen molar-refractivity contribution in [1.82, 2.24) is 19.4 Å². The lowest BCUT2D eigenvalue weighted by Gasteiger charge is -2.11. The molecular weight excluding hydrogens is 392 g/mol. The first-order chi connectivity index (χ1) is 14.0. The third-order valence-electron chi connectivity index (χ3n) is 4.80. The van der Waals surface area contributed by atoms with Gasteiger partial charge in [-0.1, -0.05) is 6.07 Å². The molecule has 2 aromatic heterocycles. The molecule has 0 radical (unpaired) electrons. The van der Waals surface area contributed by atoms with E-state index in [0.29, 0.717) is 12.2 Å². The van der Waals surface area contributed by atoms with Crippen molar-refractivity contribution in [1.29, 1.82) is 0 Å². The van der Waals surface area contributed by atoms with Crippen molar-refractivity contribution in [3.05, 3.63) is 66.1 Å². The van der Waals surface area contributed by atoms with E-state index in [1.165, 1.54) is 24.3 Å². The van der Waals surface area contributed by atoms with Gasteiger partial charge in [-0.15, -0.1) is 0 Å². The summed E-state index contributed by atoms with van der Waals surface area (Å²) < 4.78 is 34.6.